The van der Waals surface area contributed by atoms with Crippen molar-refractivity contribution < 1.29 is 0 Å². The SMILES string of the molecule is CCNC(=NCc1ccnc(N2CCN(CC)CC2)c1)NC(C)Cc1c(C)nn(C)c1C. The summed E-state index contributed by atoms with van der Waals surface area (Å²) < 4.78 is 1.96. The Labute approximate surface area is 193 Å². The van der Waals surface area contributed by atoms with E-state index in [1.165, 1.54) is 16.8 Å². The van der Waals surface area contributed by atoms with Gasteiger partial charge in [0.15, 0.2) is 5.96 Å². The first kappa shape index (κ1) is 24.0. The second-order valence-electron chi connectivity index (χ2n) is 8.66. The number of rotatable bonds is 8. The maximum Gasteiger partial charge on any atom is 0.191 e. The van der Waals surface area contributed by atoms with E-state index in [-0.39, 0.29) is 6.04 Å². The van der Waals surface area contributed by atoms with Gasteiger partial charge in [-0.1, -0.05) is 6.92 Å². The molecule has 2 aromatic heterocycles. The van der Waals surface area contributed by atoms with Gasteiger partial charge in [0.1, 0.15) is 5.82 Å². The van der Waals surface area contributed by atoms with Crippen LogP contribution in [0.1, 0.15) is 43.3 Å². The van der Waals surface area contributed by atoms with Gasteiger partial charge in [-0.05, 0) is 63.9 Å². The zero-order chi connectivity index (χ0) is 23.1. The Balaban J connectivity index is 1.62. The summed E-state index contributed by atoms with van der Waals surface area (Å²) in [6.07, 6.45) is 2.82. The standard InChI is InChI=1S/C24H40N8/c1-7-25-24(28-18(3)15-22-19(4)29-30(6)20(22)5)27-17-21-9-10-26-23(16-21)32-13-11-31(8-2)12-14-32/h9-10,16,18H,7-8,11-15,17H2,1-6H3,(H2,25,27,28). The summed E-state index contributed by atoms with van der Waals surface area (Å²) in [5.41, 5.74) is 4.81. The number of nitrogens with zero attached hydrogens (tertiary/aromatic N) is 6. The van der Waals surface area contributed by atoms with Crippen LogP contribution < -0.4 is 15.5 Å². The van der Waals surface area contributed by atoms with Gasteiger partial charge in [-0.3, -0.25) is 4.68 Å². The molecule has 0 bridgehead atoms. The first-order chi connectivity index (χ1) is 15.4. The lowest BCUT2D eigenvalue weighted by molar-refractivity contribution is 0.270. The first-order valence-electron chi connectivity index (χ1n) is 11.9. The molecule has 8 heteroatoms. The quantitative estimate of drug-likeness (QED) is 0.485. The van der Waals surface area contributed by atoms with Crippen LogP contribution in [0.2, 0.25) is 0 Å². The molecule has 0 aromatic carbocycles. The molecular weight excluding hydrogens is 400 g/mol. The summed E-state index contributed by atoms with van der Waals surface area (Å²) in [7, 11) is 2.00. The van der Waals surface area contributed by atoms with E-state index in [2.05, 4.69) is 77.3 Å². The van der Waals surface area contributed by atoms with Crippen LogP contribution in [0.15, 0.2) is 23.3 Å². The number of hydrogen-bond donors (Lipinski definition) is 2. The summed E-state index contributed by atoms with van der Waals surface area (Å²) in [6, 6.07) is 4.49. The highest BCUT2D eigenvalue weighted by Crippen LogP contribution is 2.16. The zero-order valence-electron chi connectivity index (χ0n) is 20.6. The van der Waals surface area contributed by atoms with E-state index in [1.807, 2.05) is 17.9 Å². The normalized spacial score (nSPS) is 16.3. The summed E-state index contributed by atoms with van der Waals surface area (Å²) in [5.74, 6) is 1.90. The molecule has 8 nitrogen and oxygen atoms in total. The fourth-order valence-corrected chi connectivity index (χ4v) is 4.22. The Kier molecular flexibility index (Phi) is 8.50. The van der Waals surface area contributed by atoms with E-state index >= 15 is 0 Å². The molecule has 1 saturated heterocycles. The molecule has 0 spiro atoms. The predicted molar refractivity (Wildman–Crippen MR) is 132 cm³/mol. The van der Waals surface area contributed by atoms with Gasteiger partial charge in [-0.2, -0.15) is 5.10 Å². The van der Waals surface area contributed by atoms with E-state index in [0.717, 1.165) is 63.2 Å². The van der Waals surface area contributed by atoms with Crippen molar-refractivity contribution >= 4 is 11.8 Å². The molecule has 1 unspecified atom stereocenters. The van der Waals surface area contributed by atoms with Crippen LogP contribution in [0, 0.1) is 13.8 Å². The third kappa shape index (κ3) is 6.22. The van der Waals surface area contributed by atoms with Crippen LogP contribution in [0.5, 0.6) is 0 Å². The first-order valence-corrected chi connectivity index (χ1v) is 11.9. The highest BCUT2D eigenvalue weighted by Gasteiger charge is 2.17. The summed E-state index contributed by atoms with van der Waals surface area (Å²) in [5, 5.41) is 11.5. The molecule has 0 aliphatic carbocycles. The summed E-state index contributed by atoms with van der Waals surface area (Å²) in [4.78, 5) is 14.3. The molecule has 1 fully saturated rings. The van der Waals surface area contributed by atoms with Gasteiger partial charge in [0.05, 0.1) is 12.2 Å². The van der Waals surface area contributed by atoms with Crippen molar-refractivity contribution in [1.82, 2.24) is 30.3 Å². The number of aromatic nitrogens is 3. The second kappa shape index (κ2) is 11.3. The van der Waals surface area contributed by atoms with Crippen molar-refractivity contribution in [1.29, 1.82) is 0 Å². The number of guanidine groups is 1. The third-order valence-corrected chi connectivity index (χ3v) is 6.27. The number of piperazine rings is 1. The predicted octanol–water partition coefficient (Wildman–Crippen LogP) is 2.26. The molecule has 3 heterocycles. The summed E-state index contributed by atoms with van der Waals surface area (Å²) >= 11 is 0. The number of hydrogen-bond acceptors (Lipinski definition) is 5. The number of pyridine rings is 1. The average molecular weight is 441 g/mol. The average Bonchev–Trinajstić information content (AvgIpc) is 3.03. The number of aryl methyl sites for hydroxylation is 2. The molecule has 3 rings (SSSR count). The van der Waals surface area contributed by atoms with Gasteiger partial charge in [0.2, 0.25) is 0 Å². The van der Waals surface area contributed by atoms with Crippen molar-refractivity contribution in [2.75, 3.05) is 44.2 Å². The maximum absolute atomic E-state index is 4.85. The Bertz CT molecular complexity index is 895. The van der Waals surface area contributed by atoms with E-state index in [1.54, 1.807) is 0 Å². The Morgan fingerprint density at radius 2 is 1.94 bits per heavy atom. The van der Waals surface area contributed by atoms with Crippen LogP contribution in [0.25, 0.3) is 0 Å². The number of likely N-dealkylation sites (N-methyl/N-ethyl adjacent to an activating group) is 1. The largest absolute Gasteiger partial charge is 0.357 e. The van der Waals surface area contributed by atoms with Gasteiger partial charge in [0, 0.05) is 57.7 Å². The van der Waals surface area contributed by atoms with Gasteiger partial charge < -0.3 is 20.4 Å². The lowest BCUT2D eigenvalue weighted by Crippen LogP contribution is -2.46. The molecular formula is C24H40N8. The van der Waals surface area contributed by atoms with Crippen molar-refractivity contribution in [3.63, 3.8) is 0 Å². The Morgan fingerprint density at radius 3 is 2.56 bits per heavy atom. The topological polar surface area (TPSA) is 73.6 Å². The highest BCUT2D eigenvalue weighted by molar-refractivity contribution is 5.80. The van der Waals surface area contributed by atoms with Gasteiger partial charge >= 0.3 is 0 Å². The van der Waals surface area contributed by atoms with Crippen molar-refractivity contribution in [2.24, 2.45) is 12.0 Å². The Hall–Kier alpha value is -2.61. The minimum absolute atomic E-state index is 0.247. The molecule has 1 aliphatic rings. The second-order valence-corrected chi connectivity index (χ2v) is 8.66. The van der Waals surface area contributed by atoms with Crippen LogP contribution in [-0.2, 0) is 20.0 Å². The van der Waals surface area contributed by atoms with E-state index < -0.39 is 0 Å². The third-order valence-electron chi connectivity index (χ3n) is 6.27. The lowest BCUT2D eigenvalue weighted by Gasteiger charge is -2.34. The molecule has 2 N–H and O–H groups in total. The van der Waals surface area contributed by atoms with Crippen molar-refractivity contribution in [3.05, 3.63) is 40.8 Å². The van der Waals surface area contributed by atoms with E-state index in [9.17, 15) is 0 Å². The number of aliphatic imine (C=N–C) groups is 1. The molecule has 0 saturated carbocycles. The zero-order valence-corrected chi connectivity index (χ0v) is 20.6. The maximum atomic E-state index is 4.85. The molecule has 1 aliphatic heterocycles. The monoisotopic (exact) mass is 440 g/mol. The molecule has 0 amide bonds. The van der Waals surface area contributed by atoms with Crippen LogP contribution >= 0.6 is 0 Å². The molecule has 1 atom stereocenters. The molecule has 176 valence electrons. The van der Waals surface area contributed by atoms with E-state index in [0.29, 0.717) is 6.54 Å². The van der Waals surface area contributed by atoms with Gasteiger partial charge in [-0.25, -0.2) is 9.98 Å². The van der Waals surface area contributed by atoms with Crippen LogP contribution in [0.3, 0.4) is 0 Å². The molecule has 0 radical (unpaired) electrons. The lowest BCUT2D eigenvalue weighted by atomic mass is 10.1. The minimum Gasteiger partial charge on any atom is -0.357 e. The van der Waals surface area contributed by atoms with Crippen LogP contribution in [0.4, 0.5) is 5.82 Å². The highest BCUT2D eigenvalue weighted by atomic mass is 15.3. The fraction of sp³-hybridized carbons (Fsp3) is 0.625. The van der Waals surface area contributed by atoms with Gasteiger partial charge in [0.25, 0.3) is 0 Å². The van der Waals surface area contributed by atoms with Crippen LogP contribution in [-0.4, -0.2) is 70.9 Å². The number of anilines is 1. The van der Waals surface area contributed by atoms with Crippen molar-refractivity contribution in [2.45, 2.75) is 53.6 Å². The smallest absolute Gasteiger partial charge is 0.191 e. The van der Waals surface area contributed by atoms with E-state index in [4.69, 9.17) is 4.99 Å². The van der Waals surface area contributed by atoms with Gasteiger partial charge in [-0.15, -0.1) is 0 Å². The number of nitrogens with one attached hydrogen (secondary N) is 2. The summed E-state index contributed by atoms with van der Waals surface area (Å²) in [6.45, 7) is 17.6. The fourth-order valence-electron chi connectivity index (χ4n) is 4.22. The minimum atomic E-state index is 0.247. The Morgan fingerprint density at radius 1 is 1.19 bits per heavy atom. The molecule has 32 heavy (non-hydrogen) atoms. The molecule has 2 aromatic rings. The van der Waals surface area contributed by atoms with Crippen molar-refractivity contribution in [3.8, 4) is 0 Å².